The Bertz CT molecular complexity index is 465. The summed E-state index contributed by atoms with van der Waals surface area (Å²) in [5.74, 6) is 0. The van der Waals surface area contributed by atoms with Crippen LogP contribution in [-0.2, 0) is 0 Å². The van der Waals surface area contributed by atoms with Crippen LogP contribution < -0.4 is 0 Å². The lowest BCUT2D eigenvalue weighted by Gasteiger charge is -2.03. The first-order valence-electron chi connectivity index (χ1n) is 4.05. The van der Waals surface area contributed by atoms with Crippen molar-refractivity contribution in [2.24, 2.45) is 0 Å². The minimum atomic E-state index is 0.431. The van der Waals surface area contributed by atoms with Crippen LogP contribution in [0.4, 0.5) is 0 Å². The molecule has 0 saturated carbocycles. The summed E-state index contributed by atoms with van der Waals surface area (Å²) in [5, 5.41) is 0. The second-order valence-corrected chi connectivity index (χ2v) is 3.63. The van der Waals surface area contributed by atoms with Crippen molar-refractivity contribution in [1.82, 2.24) is 9.55 Å². The van der Waals surface area contributed by atoms with Gasteiger partial charge in [-0.1, -0.05) is 12.1 Å². The first kappa shape index (κ1) is 9.15. The van der Waals surface area contributed by atoms with E-state index in [4.69, 9.17) is 0 Å². The summed E-state index contributed by atoms with van der Waals surface area (Å²) in [7, 11) is 0. The number of rotatable bonds is 2. The van der Waals surface area contributed by atoms with Gasteiger partial charge in [0.15, 0.2) is 6.29 Å². The van der Waals surface area contributed by atoms with Gasteiger partial charge in [-0.2, -0.15) is 0 Å². The Labute approximate surface area is 89.5 Å². The molecule has 0 saturated heterocycles. The Morgan fingerprint density at radius 1 is 1.36 bits per heavy atom. The number of halogens is 1. The van der Waals surface area contributed by atoms with Crippen molar-refractivity contribution in [1.29, 1.82) is 0 Å². The molecular weight excluding hydrogens is 244 g/mol. The SMILES string of the molecule is O=Cc1cn(-c2ccccc2Br)cn1. The fraction of sp³-hybridized carbons (Fsp3) is 0. The highest BCUT2D eigenvalue weighted by molar-refractivity contribution is 9.10. The van der Waals surface area contributed by atoms with Crippen molar-refractivity contribution in [3.63, 3.8) is 0 Å². The van der Waals surface area contributed by atoms with Crippen LogP contribution in [0, 0.1) is 0 Å². The highest BCUT2D eigenvalue weighted by Crippen LogP contribution is 2.19. The molecule has 0 N–H and O–H groups in total. The molecule has 0 aliphatic heterocycles. The van der Waals surface area contributed by atoms with E-state index in [2.05, 4.69) is 20.9 Å². The molecule has 0 bridgehead atoms. The fourth-order valence-corrected chi connectivity index (χ4v) is 1.68. The van der Waals surface area contributed by atoms with Gasteiger partial charge in [0, 0.05) is 10.7 Å². The molecule has 2 aromatic rings. The van der Waals surface area contributed by atoms with Gasteiger partial charge >= 0.3 is 0 Å². The predicted octanol–water partition coefficient (Wildman–Crippen LogP) is 2.45. The van der Waals surface area contributed by atoms with Crippen molar-refractivity contribution in [3.8, 4) is 5.69 Å². The molecule has 1 aromatic carbocycles. The summed E-state index contributed by atoms with van der Waals surface area (Å²) in [6.45, 7) is 0. The lowest BCUT2D eigenvalue weighted by molar-refractivity contribution is 0.111. The third-order valence-corrected chi connectivity index (χ3v) is 2.52. The first-order valence-corrected chi connectivity index (χ1v) is 4.84. The van der Waals surface area contributed by atoms with Crippen LogP contribution in [-0.4, -0.2) is 15.8 Å². The Kier molecular flexibility index (Phi) is 2.45. The summed E-state index contributed by atoms with van der Waals surface area (Å²) < 4.78 is 2.77. The van der Waals surface area contributed by atoms with E-state index >= 15 is 0 Å². The number of para-hydroxylation sites is 1. The molecule has 0 aliphatic rings. The van der Waals surface area contributed by atoms with Crippen LogP contribution in [0.3, 0.4) is 0 Å². The standard InChI is InChI=1S/C10H7BrN2O/c11-9-3-1-2-4-10(9)13-5-8(6-14)12-7-13/h1-7H. The number of aldehydes is 1. The molecule has 0 spiro atoms. The number of carbonyl (C=O) groups is 1. The van der Waals surface area contributed by atoms with Gasteiger partial charge in [-0.25, -0.2) is 4.98 Å². The minimum absolute atomic E-state index is 0.431. The molecule has 0 fully saturated rings. The molecular formula is C10H7BrN2O. The highest BCUT2D eigenvalue weighted by atomic mass is 79.9. The molecule has 0 atom stereocenters. The minimum Gasteiger partial charge on any atom is -0.304 e. The van der Waals surface area contributed by atoms with Crippen molar-refractivity contribution in [3.05, 3.63) is 47.0 Å². The van der Waals surface area contributed by atoms with E-state index in [1.165, 1.54) is 0 Å². The average Bonchev–Trinajstić information content (AvgIpc) is 2.67. The number of nitrogens with zero attached hydrogens (tertiary/aromatic N) is 2. The predicted molar refractivity (Wildman–Crippen MR) is 56.7 cm³/mol. The third kappa shape index (κ3) is 1.61. The van der Waals surface area contributed by atoms with Crippen LogP contribution in [0.25, 0.3) is 5.69 Å². The maximum Gasteiger partial charge on any atom is 0.170 e. The van der Waals surface area contributed by atoms with Crippen molar-refractivity contribution >= 4 is 22.2 Å². The molecule has 1 aromatic heterocycles. The zero-order valence-electron chi connectivity index (χ0n) is 7.22. The van der Waals surface area contributed by atoms with E-state index in [1.807, 2.05) is 24.3 Å². The second-order valence-electron chi connectivity index (χ2n) is 2.78. The summed E-state index contributed by atoms with van der Waals surface area (Å²) in [6, 6.07) is 7.75. The number of imidazole rings is 1. The summed E-state index contributed by atoms with van der Waals surface area (Å²) in [6.07, 6.45) is 4.03. The van der Waals surface area contributed by atoms with E-state index in [1.54, 1.807) is 17.1 Å². The number of aromatic nitrogens is 2. The van der Waals surface area contributed by atoms with Crippen LogP contribution >= 0.6 is 15.9 Å². The van der Waals surface area contributed by atoms with Crippen LogP contribution in [0.5, 0.6) is 0 Å². The fourth-order valence-electron chi connectivity index (χ4n) is 1.19. The van der Waals surface area contributed by atoms with Gasteiger partial charge in [0.05, 0.1) is 5.69 Å². The molecule has 1 heterocycles. The normalized spacial score (nSPS) is 10.1. The van der Waals surface area contributed by atoms with Gasteiger partial charge in [0.25, 0.3) is 0 Å². The van der Waals surface area contributed by atoms with Crippen LogP contribution in [0.15, 0.2) is 41.3 Å². The topological polar surface area (TPSA) is 34.9 Å². The summed E-state index contributed by atoms with van der Waals surface area (Å²) in [5.41, 5.74) is 1.40. The van der Waals surface area contributed by atoms with Crippen molar-refractivity contribution in [2.45, 2.75) is 0 Å². The maximum atomic E-state index is 10.4. The third-order valence-electron chi connectivity index (χ3n) is 1.85. The highest BCUT2D eigenvalue weighted by Gasteiger charge is 2.02. The molecule has 4 heteroatoms. The quantitative estimate of drug-likeness (QED) is 0.768. The van der Waals surface area contributed by atoms with Gasteiger partial charge < -0.3 is 4.57 Å². The van der Waals surface area contributed by atoms with E-state index in [0.717, 1.165) is 16.4 Å². The molecule has 70 valence electrons. The van der Waals surface area contributed by atoms with Crippen LogP contribution in [0.2, 0.25) is 0 Å². The molecule has 0 unspecified atom stereocenters. The van der Waals surface area contributed by atoms with Gasteiger partial charge in [0.2, 0.25) is 0 Å². The van der Waals surface area contributed by atoms with Gasteiger partial charge in [0.1, 0.15) is 12.0 Å². The second kappa shape index (κ2) is 3.75. The van der Waals surface area contributed by atoms with Gasteiger partial charge in [-0.3, -0.25) is 4.79 Å². The number of carbonyl (C=O) groups excluding carboxylic acids is 1. The number of benzene rings is 1. The lowest BCUT2D eigenvalue weighted by Crippen LogP contribution is -1.90. The van der Waals surface area contributed by atoms with E-state index in [0.29, 0.717) is 5.69 Å². The molecule has 0 aliphatic carbocycles. The average molecular weight is 251 g/mol. The molecule has 3 nitrogen and oxygen atoms in total. The van der Waals surface area contributed by atoms with Crippen molar-refractivity contribution in [2.75, 3.05) is 0 Å². The largest absolute Gasteiger partial charge is 0.304 e. The zero-order valence-corrected chi connectivity index (χ0v) is 8.81. The first-order chi connectivity index (χ1) is 6.81. The Morgan fingerprint density at radius 3 is 2.79 bits per heavy atom. The van der Waals surface area contributed by atoms with Gasteiger partial charge in [-0.15, -0.1) is 0 Å². The van der Waals surface area contributed by atoms with Crippen LogP contribution in [0.1, 0.15) is 10.5 Å². The smallest absolute Gasteiger partial charge is 0.170 e. The molecule has 0 radical (unpaired) electrons. The summed E-state index contributed by atoms with van der Waals surface area (Å²) >= 11 is 3.43. The van der Waals surface area contributed by atoms with Crippen molar-refractivity contribution < 1.29 is 4.79 Å². The van der Waals surface area contributed by atoms with E-state index in [9.17, 15) is 4.79 Å². The zero-order chi connectivity index (χ0) is 9.97. The number of hydrogen-bond donors (Lipinski definition) is 0. The lowest BCUT2D eigenvalue weighted by atomic mass is 10.3. The Morgan fingerprint density at radius 2 is 2.14 bits per heavy atom. The summed E-state index contributed by atoms with van der Waals surface area (Å²) in [4.78, 5) is 14.4. The Hall–Kier alpha value is -1.42. The monoisotopic (exact) mass is 250 g/mol. The number of hydrogen-bond acceptors (Lipinski definition) is 2. The van der Waals surface area contributed by atoms with Gasteiger partial charge in [-0.05, 0) is 28.1 Å². The Balaban J connectivity index is 2.49. The molecule has 2 rings (SSSR count). The van der Waals surface area contributed by atoms with E-state index in [-0.39, 0.29) is 0 Å². The molecule has 0 amide bonds. The maximum absolute atomic E-state index is 10.4. The molecule has 14 heavy (non-hydrogen) atoms. The van der Waals surface area contributed by atoms with E-state index < -0.39 is 0 Å².